The normalized spacial score (nSPS) is 22.5. The van der Waals surface area contributed by atoms with Crippen LogP contribution in [0.5, 0.6) is 0 Å². The highest BCUT2D eigenvalue weighted by atomic mass is 16.5. The predicted octanol–water partition coefficient (Wildman–Crippen LogP) is 2.47. The van der Waals surface area contributed by atoms with E-state index in [1.807, 2.05) is 19.1 Å². The molecule has 0 unspecified atom stereocenters. The van der Waals surface area contributed by atoms with Gasteiger partial charge in [0, 0.05) is 33.2 Å². The number of methoxy groups -OCH3 is 1. The van der Waals surface area contributed by atoms with Crippen LogP contribution < -0.4 is 5.32 Å². The van der Waals surface area contributed by atoms with Crippen LogP contribution in [0.3, 0.4) is 0 Å². The van der Waals surface area contributed by atoms with E-state index in [9.17, 15) is 4.79 Å². The van der Waals surface area contributed by atoms with Gasteiger partial charge in [-0.05, 0) is 32.9 Å². The number of allylic oxidation sites excluding steroid dienone is 1. The van der Waals surface area contributed by atoms with Crippen LogP contribution in [0.4, 0.5) is 0 Å². The van der Waals surface area contributed by atoms with Crippen LogP contribution in [0.25, 0.3) is 0 Å². The van der Waals surface area contributed by atoms with Crippen molar-refractivity contribution in [3.05, 3.63) is 35.3 Å². The molecule has 23 heavy (non-hydrogen) atoms. The van der Waals surface area contributed by atoms with Gasteiger partial charge < -0.3 is 14.5 Å². The number of furan rings is 1. The van der Waals surface area contributed by atoms with Crippen molar-refractivity contribution < 1.29 is 13.9 Å². The summed E-state index contributed by atoms with van der Waals surface area (Å²) in [6.45, 7) is 9.26. The Bertz CT molecular complexity index is 550. The highest BCUT2D eigenvalue weighted by molar-refractivity contribution is 5.76. The molecule has 1 amide bonds. The Kier molecular flexibility index (Phi) is 6.42. The summed E-state index contributed by atoms with van der Waals surface area (Å²) in [5.41, 5.74) is 1.34. The van der Waals surface area contributed by atoms with Crippen LogP contribution in [-0.4, -0.2) is 50.2 Å². The zero-order chi connectivity index (χ0) is 16.8. The Labute approximate surface area is 138 Å². The number of carbonyl (C=O) groups is 1. The van der Waals surface area contributed by atoms with Gasteiger partial charge in [-0.1, -0.05) is 11.6 Å². The molecular formula is C18H28N2O3. The average Bonchev–Trinajstić information content (AvgIpc) is 3.11. The zero-order valence-corrected chi connectivity index (χ0v) is 14.6. The first kappa shape index (κ1) is 17.8. The lowest BCUT2D eigenvalue weighted by molar-refractivity contribution is -0.122. The fourth-order valence-electron chi connectivity index (χ4n) is 3.02. The van der Waals surface area contributed by atoms with E-state index in [1.54, 1.807) is 7.11 Å². The monoisotopic (exact) mass is 320 g/mol. The summed E-state index contributed by atoms with van der Waals surface area (Å²) in [4.78, 5) is 14.4. The van der Waals surface area contributed by atoms with Crippen LogP contribution in [-0.2, 0) is 9.53 Å². The number of amides is 1. The number of carbonyl (C=O) groups excluding carboxylic acids is 1. The SMILES string of the molecule is C/C=C(\C)CN1C[C@H](NC(=O)CCOC)[C@@H](c2ccc(C)o2)C1. The number of ether oxygens (including phenoxy) is 1. The fourth-order valence-corrected chi connectivity index (χ4v) is 3.02. The number of nitrogens with one attached hydrogen (secondary N) is 1. The predicted molar refractivity (Wildman–Crippen MR) is 90.5 cm³/mol. The molecule has 1 aromatic heterocycles. The topological polar surface area (TPSA) is 54.7 Å². The number of hydrogen-bond donors (Lipinski definition) is 1. The minimum Gasteiger partial charge on any atom is -0.466 e. The minimum absolute atomic E-state index is 0.0368. The van der Waals surface area contributed by atoms with Gasteiger partial charge in [0.05, 0.1) is 18.6 Å². The molecular weight excluding hydrogens is 292 g/mol. The number of hydrogen-bond acceptors (Lipinski definition) is 4. The summed E-state index contributed by atoms with van der Waals surface area (Å²) >= 11 is 0. The molecule has 1 aliphatic rings. The van der Waals surface area contributed by atoms with Gasteiger partial charge in [0.1, 0.15) is 11.5 Å². The van der Waals surface area contributed by atoms with Crippen molar-refractivity contribution in [2.24, 2.45) is 0 Å². The second kappa shape index (κ2) is 8.31. The third-order valence-corrected chi connectivity index (χ3v) is 4.37. The van der Waals surface area contributed by atoms with Crippen LogP contribution >= 0.6 is 0 Å². The second-order valence-corrected chi connectivity index (χ2v) is 6.30. The third kappa shape index (κ3) is 4.94. The summed E-state index contributed by atoms with van der Waals surface area (Å²) < 4.78 is 10.8. The number of aryl methyl sites for hydroxylation is 1. The number of rotatable bonds is 7. The van der Waals surface area contributed by atoms with E-state index in [-0.39, 0.29) is 17.9 Å². The molecule has 0 saturated carbocycles. The van der Waals surface area contributed by atoms with Crippen molar-refractivity contribution in [2.45, 2.75) is 39.2 Å². The van der Waals surface area contributed by atoms with Gasteiger partial charge in [-0.15, -0.1) is 0 Å². The zero-order valence-electron chi connectivity index (χ0n) is 14.6. The smallest absolute Gasteiger partial charge is 0.222 e. The lowest BCUT2D eigenvalue weighted by Gasteiger charge is -2.18. The maximum Gasteiger partial charge on any atom is 0.222 e. The van der Waals surface area contributed by atoms with Crippen molar-refractivity contribution in [1.29, 1.82) is 0 Å². The summed E-state index contributed by atoms with van der Waals surface area (Å²) in [5, 5.41) is 3.15. The third-order valence-electron chi connectivity index (χ3n) is 4.37. The molecule has 1 saturated heterocycles. The first-order valence-corrected chi connectivity index (χ1v) is 8.22. The maximum absolute atomic E-state index is 12.1. The van der Waals surface area contributed by atoms with E-state index < -0.39 is 0 Å². The molecule has 0 radical (unpaired) electrons. The molecule has 128 valence electrons. The molecule has 5 nitrogen and oxygen atoms in total. The Morgan fingerprint density at radius 3 is 2.87 bits per heavy atom. The van der Waals surface area contributed by atoms with Crippen LogP contribution in [0.2, 0.25) is 0 Å². The van der Waals surface area contributed by atoms with E-state index in [0.717, 1.165) is 31.2 Å². The first-order chi connectivity index (χ1) is 11.0. The van der Waals surface area contributed by atoms with Crippen LogP contribution in [0.15, 0.2) is 28.2 Å². The van der Waals surface area contributed by atoms with Crippen molar-refractivity contribution in [3.63, 3.8) is 0 Å². The molecule has 2 heterocycles. The van der Waals surface area contributed by atoms with Gasteiger partial charge in [-0.3, -0.25) is 9.69 Å². The van der Waals surface area contributed by atoms with E-state index in [1.165, 1.54) is 5.57 Å². The number of likely N-dealkylation sites (tertiary alicyclic amines) is 1. The van der Waals surface area contributed by atoms with E-state index >= 15 is 0 Å². The molecule has 0 spiro atoms. The van der Waals surface area contributed by atoms with Gasteiger partial charge in [0.2, 0.25) is 5.91 Å². The minimum atomic E-state index is 0.0368. The van der Waals surface area contributed by atoms with E-state index in [0.29, 0.717) is 13.0 Å². The lowest BCUT2D eigenvalue weighted by atomic mass is 10.0. The van der Waals surface area contributed by atoms with Gasteiger partial charge in [0.15, 0.2) is 0 Å². The maximum atomic E-state index is 12.1. The van der Waals surface area contributed by atoms with Crippen LogP contribution in [0.1, 0.15) is 37.7 Å². The van der Waals surface area contributed by atoms with Gasteiger partial charge in [-0.2, -0.15) is 0 Å². The lowest BCUT2D eigenvalue weighted by Crippen LogP contribution is -2.40. The molecule has 2 atom stereocenters. The molecule has 5 heteroatoms. The molecule has 1 aromatic rings. The van der Waals surface area contributed by atoms with Crippen molar-refractivity contribution >= 4 is 5.91 Å². The Hall–Kier alpha value is -1.59. The summed E-state index contributed by atoms with van der Waals surface area (Å²) in [5.74, 6) is 2.10. The largest absolute Gasteiger partial charge is 0.466 e. The van der Waals surface area contributed by atoms with Gasteiger partial charge in [0.25, 0.3) is 0 Å². The molecule has 1 N–H and O–H groups in total. The highest BCUT2D eigenvalue weighted by Gasteiger charge is 2.36. The number of nitrogens with zero attached hydrogens (tertiary/aromatic N) is 1. The molecule has 0 bridgehead atoms. The quantitative estimate of drug-likeness (QED) is 0.784. The summed E-state index contributed by atoms with van der Waals surface area (Å²) in [6.07, 6.45) is 2.53. The van der Waals surface area contributed by atoms with Crippen LogP contribution in [0, 0.1) is 6.92 Å². The second-order valence-electron chi connectivity index (χ2n) is 6.30. The van der Waals surface area contributed by atoms with Gasteiger partial charge in [-0.25, -0.2) is 0 Å². The molecule has 0 aliphatic carbocycles. The van der Waals surface area contributed by atoms with E-state index in [4.69, 9.17) is 9.15 Å². The Morgan fingerprint density at radius 2 is 2.26 bits per heavy atom. The Morgan fingerprint density at radius 1 is 1.48 bits per heavy atom. The molecule has 1 fully saturated rings. The molecule has 1 aliphatic heterocycles. The van der Waals surface area contributed by atoms with Crippen molar-refractivity contribution in [1.82, 2.24) is 10.2 Å². The molecule has 2 rings (SSSR count). The highest BCUT2D eigenvalue weighted by Crippen LogP contribution is 2.29. The summed E-state index contributed by atoms with van der Waals surface area (Å²) in [6, 6.07) is 4.09. The standard InChI is InChI=1S/C18H28N2O3/c1-5-13(2)10-20-11-15(17-7-6-14(3)23-17)16(12-20)19-18(21)8-9-22-4/h5-7,15-16H,8-12H2,1-4H3,(H,19,21)/b13-5+/t15-,16-/m0/s1. The first-order valence-electron chi connectivity index (χ1n) is 8.22. The summed E-state index contributed by atoms with van der Waals surface area (Å²) in [7, 11) is 1.61. The average molecular weight is 320 g/mol. The molecule has 0 aromatic carbocycles. The fraction of sp³-hybridized carbons (Fsp3) is 0.611. The van der Waals surface area contributed by atoms with Crippen molar-refractivity contribution in [2.75, 3.05) is 33.4 Å². The van der Waals surface area contributed by atoms with Crippen molar-refractivity contribution in [3.8, 4) is 0 Å². The Balaban J connectivity index is 2.06. The van der Waals surface area contributed by atoms with E-state index in [2.05, 4.69) is 30.1 Å². The van der Waals surface area contributed by atoms with Gasteiger partial charge >= 0.3 is 0 Å².